The number of fused-ring (bicyclic) bond motifs is 4. The molecule has 7 heteroatoms. The molecule has 0 atom stereocenters. The highest BCUT2D eigenvalue weighted by Crippen LogP contribution is 2.36. The number of amides is 1. The maximum Gasteiger partial charge on any atom is 0.255 e. The molecule has 3 aromatic carbocycles. The van der Waals surface area contributed by atoms with E-state index in [9.17, 15) is 4.79 Å². The highest BCUT2D eigenvalue weighted by molar-refractivity contribution is 6.10. The molecule has 0 aliphatic carbocycles. The normalized spacial score (nSPS) is 11.4. The Morgan fingerprint density at radius 3 is 2.79 bits per heavy atom. The molecule has 0 saturated carbocycles. The Balaban J connectivity index is 1.53. The lowest BCUT2D eigenvalue weighted by molar-refractivity contribution is 0.102. The first kappa shape index (κ1) is 17.2. The van der Waals surface area contributed by atoms with Gasteiger partial charge in [-0.15, -0.1) is 5.10 Å². The lowest BCUT2D eigenvalue weighted by atomic mass is 10.1. The first-order valence-electron chi connectivity index (χ1n) is 9.32. The standard InChI is InChI=1S/C22H18N4O3/c1-3-26-18-9-8-13(10-16(18)24-25-26)22(27)23-17-12-20-15(11-21(17)28-2)14-6-4-5-7-19(14)29-20/h4-12H,3H2,1-2H3,(H,23,27). The van der Waals surface area contributed by atoms with Crippen LogP contribution in [0.4, 0.5) is 5.69 Å². The molecule has 0 radical (unpaired) electrons. The van der Waals surface area contributed by atoms with Crippen LogP contribution in [0.25, 0.3) is 33.0 Å². The molecule has 2 aromatic heterocycles. The van der Waals surface area contributed by atoms with E-state index in [0.29, 0.717) is 28.1 Å². The molecule has 1 amide bonds. The Hall–Kier alpha value is -3.87. The minimum atomic E-state index is -0.258. The Morgan fingerprint density at radius 2 is 1.97 bits per heavy atom. The van der Waals surface area contributed by atoms with E-state index in [1.807, 2.05) is 43.3 Å². The summed E-state index contributed by atoms with van der Waals surface area (Å²) in [5.74, 6) is 0.308. The molecule has 2 heterocycles. The van der Waals surface area contributed by atoms with Crippen molar-refractivity contribution in [2.24, 2.45) is 0 Å². The fraction of sp³-hybridized carbons (Fsp3) is 0.136. The number of methoxy groups -OCH3 is 1. The van der Waals surface area contributed by atoms with Crippen molar-refractivity contribution in [3.63, 3.8) is 0 Å². The average molecular weight is 386 g/mol. The van der Waals surface area contributed by atoms with Crippen LogP contribution in [-0.4, -0.2) is 28.0 Å². The second kappa shape index (κ2) is 6.63. The lowest BCUT2D eigenvalue weighted by Crippen LogP contribution is -2.12. The van der Waals surface area contributed by atoms with Crippen molar-refractivity contribution in [1.82, 2.24) is 15.0 Å². The summed E-state index contributed by atoms with van der Waals surface area (Å²) in [5.41, 5.74) is 4.08. The Kier molecular flexibility index (Phi) is 3.94. The van der Waals surface area contributed by atoms with Crippen molar-refractivity contribution < 1.29 is 13.9 Å². The van der Waals surface area contributed by atoms with Crippen LogP contribution in [0.15, 0.2) is 59.0 Å². The van der Waals surface area contributed by atoms with Gasteiger partial charge in [-0.3, -0.25) is 4.79 Å². The van der Waals surface area contributed by atoms with Crippen LogP contribution in [0, 0.1) is 0 Å². The number of nitrogens with one attached hydrogen (secondary N) is 1. The van der Waals surface area contributed by atoms with Crippen LogP contribution in [0.3, 0.4) is 0 Å². The first-order chi connectivity index (χ1) is 14.2. The molecule has 0 saturated heterocycles. The second-order valence-electron chi connectivity index (χ2n) is 6.71. The van der Waals surface area contributed by atoms with E-state index in [2.05, 4.69) is 15.6 Å². The summed E-state index contributed by atoms with van der Waals surface area (Å²) >= 11 is 0. The summed E-state index contributed by atoms with van der Waals surface area (Å²) in [7, 11) is 1.58. The number of furan rings is 1. The number of aryl methyl sites for hydroxylation is 1. The van der Waals surface area contributed by atoms with E-state index in [-0.39, 0.29) is 5.91 Å². The zero-order valence-electron chi connectivity index (χ0n) is 16.0. The smallest absolute Gasteiger partial charge is 0.255 e. The van der Waals surface area contributed by atoms with E-state index < -0.39 is 0 Å². The summed E-state index contributed by atoms with van der Waals surface area (Å²) < 4.78 is 13.2. The van der Waals surface area contributed by atoms with E-state index in [1.54, 1.807) is 30.0 Å². The van der Waals surface area contributed by atoms with Gasteiger partial charge in [0.1, 0.15) is 22.4 Å². The number of ether oxygens (including phenoxy) is 1. The minimum absolute atomic E-state index is 0.258. The maximum atomic E-state index is 12.9. The predicted molar refractivity (Wildman–Crippen MR) is 111 cm³/mol. The van der Waals surface area contributed by atoms with Gasteiger partial charge >= 0.3 is 0 Å². The first-order valence-corrected chi connectivity index (χ1v) is 9.32. The van der Waals surface area contributed by atoms with Gasteiger partial charge in [0.05, 0.1) is 18.3 Å². The van der Waals surface area contributed by atoms with Crippen LogP contribution < -0.4 is 10.1 Å². The van der Waals surface area contributed by atoms with Gasteiger partial charge in [-0.2, -0.15) is 0 Å². The topological polar surface area (TPSA) is 82.2 Å². The predicted octanol–water partition coefficient (Wildman–Crippen LogP) is 4.61. The van der Waals surface area contributed by atoms with Crippen molar-refractivity contribution in [1.29, 1.82) is 0 Å². The minimum Gasteiger partial charge on any atom is -0.495 e. The third-order valence-electron chi connectivity index (χ3n) is 5.02. The fourth-order valence-electron chi connectivity index (χ4n) is 3.56. The number of carbonyl (C=O) groups excluding carboxylic acids is 1. The molecule has 0 aliphatic heterocycles. The van der Waals surface area contributed by atoms with Gasteiger partial charge in [-0.25, -0.2) is 4.68 Å². The molecule has 0 spiro atoms. The van der Waals surface area contributed by atoms with Crippen molar-refractivity contribution in [3.8, 4) is 5.75 Å². The van der Waals surface area contributed by atoms with Crippen molar-refractivity contribution in [2.75, 3.05) is 12.4 Å². The molecule has 5 rings (SSSR count). The Morgan fingerprint density at radius 1 is 1.10 bits per heavy atom. The Bertz CT molecular complexity index is 1380. The quantitative estimate of drug-likeness (QED) is 0.488. The summed E-state index contributed by atoms with van der Waals surface area (Å²) in [6.45, 7) is 2.71. The highest BCUT2D eigenvalue weighted by atomic mass is 16.5. The summed E-state index contributed by atoms with van der Waals surface area (Å²) in [6.07, 6.45) is 0. The van der Waals surface area contributed by atoms with Crippen LogP contribution in [0.2, 0.25) is 0 Å². The van der Waals surface area contributed by atoms with E-state index in [4.69, 9.17) is 9.15 Å². The zero-order chi connectivity index (χ0) is 20.0. The molecule has 1 N–H and O–H groups in total. The third kappa shape index (κ3) is 2.79. The fourth-order valence-corrected chi connectivity index (χ4v) is 3.56. The average Bonchev–Trinajstić information content (AvgIpc) is 3.32. The summed E-state index contributed by atoms with van der Waals surface area (Å²) in [4.78, 5) is 12.9. The van der Waals surface area contributed by atoms with E-state index >= 15 is 0 Å². The lowest BCUT2D eigenvalue weighted by Gasteiger charge is -2.10. The van der Waals surface area contributed by atoms with Crippen LogP contribution >= 0.6 is 0 Å². The van der Waals surface area contributed by atoms with Gasteiger partial charge in [0, 0.05) is 28.9 Å². The number of rotatable bonds is 4. The van der Waals surface area contributed by atoms with E-state index in [1.165, 1.54) is 0 Å². The molecule has 5 aromatic rings. The molecule has 29 heavy (non-hydrogen) atoms. The number of benzene rings is 3. The monoisotopic (exact) mass is 386 g/mol. The highest BCUT2D eigenvalue weighted by Gasteiger charge is 2.16. The van der Waals surface area contributed by atoms with Crippen molar-refractivity contribution in [3.05, 3.63) is 60.2 Å². The van der Waals surface area contributed by atoms with Crippen molar-refractivity contribution in [2.45, 2.75) is 13.5 Å². The second-order valence-corrected chi connectivity index (χ2v) is 6.71. The van der Waals surface area contributed by atoms with Crippen LogP contribution in [-0.2, 0) is 6.54 Å². The number of nitrogens with zero attached hydrogens (tertiary/aromatic N) is 3. The molecule has 0 fully saturated rings. The van der Waals surface area contributed by atoms with Gasteiger partial charge < -0.3 is 14.5 Å². The van der Waals surface area contributed by atoms with Gasteiger partial charge in [-0.05, 0) is 37.3 Å². The molecular weight excluding hydrogens is 368 g/mol. The summed E-state index contributed by atoms with van der Waals surface area (Å²) in [5, 5.41) is 13.1. The summed E-state index contributed by atoms with van der Waals surface area (Å²) in [6, 6.07) is 16.8. The number of carbonyl (C=O) groups is 1. The number of anilines is 1. The van der Waals surface area contributed by atoms with Crippen molar-refractivity contribution >= 4 is 44.6 Å². The molecule has 144 valence electrons. The van der Waals surface area contributed by atoms with Crippen LogP contribution in [0.1, 0.15) is 17.3 Å². The number of aromatic nitrogens is 3. The number of para-hydroxylation sites is 1. The largest absolute Gasteiger partial charge is 0.495 e. The van der Waals surface area contributed by atoms with Gasteiger partial charge in [0.15, 0.2) is 0 Å². The maximum absolute atomic E-state index is 12.9. The SMILES string of the molecule is CCn1nnc2cc(C(=O)Nc3cc4oc5ccccc5c4cc3OC)ccc21. The van der Waals surface area contributed by atoms with Gasteiger partial charge in [0.2, 0.25) is 0 Å². The molecule has 0 aliphatic rings. The van der Waals surface area contributed by atoms with Gasteiger partial charge in [-0.1, -0.05) is 23.4 Å². The third-order valence-corrected chi connectivity index (χ3v) is 5.02. The zero-order valence-corrected chi connectivity index (χ0v) is 16.0. The van der Waals surface area contributed by atoms with Crippen LogP contribution in [0.5, 0.6) is 5.75 Å². The number of hydrogen-bond donors (Lipinski definition) is 1. The van der Waals surface area contributed by atoms with Gasteiger partial charge in [0.25, 0.3) is 5.91 Å². The molecular formula is C22H18N4O3. The number of hydrogen-bond acceptors (Lipinski definition) is 5. The molecule has 7 nitrogen and oxygen atoms in total. The molecule has 0 unspecified atom stereocenters. The molecule has 0 bridgehead atoms. The van der Waals surface area contributed by atoms with E-state index in [0.717, 1.165) is 28.4 Å². The Labute approximate surface area is 165 Å².